The molecule has 0 amide bonds. The van der Waals surface area contributed by atoms with Gasteiger partial charge in [-0.05, 0) is 64.5 Å². The molecule has 1 unspecified atom stereocenters. The number of nitriles is 1. The minimum absolute atomic E-state index is 0.0161. The van der Waals surface area contributed by atoms with E-state index in [1.807, 2.05) is 0 Å². The second kappa shape index (κ2) is 6.72. The zero-order valence-corrected chi connectivity index (χ0v) is 12.6. The SMILES string of the molecule is CC(C)NC(C#N)CCN1CCC2(CCCC2)CC1. The Kier molecular flexibility index (Phi) is 5.24. The number of piperidine rings is 1. The van der Waals surface area contributed by atoms with E-state index in [0.29, 0.717) is 11.5 Å². The average molecular weight is 263 g/mol. The highest BCUT2D eigenvalue weighted by molar-refractivity contribution is 4.93. The number of hydrogen-bond donors (Lipinski definition) is 1. The highest BCUT2D eigenvalue weighted by atomic mass is 15.1. The van der Waals surface area contributed by atoms with Gasteiger partial charge in [-0.15, -0.1) is 0 Å². The van der Waals surface area contributed by atoms with Crippen LogP contribution in [0.5, 0.6) is 0 Å². The van der Waals surface area contributed by atoms with Crippen molar-refractivity contribution >= 4 is 0 Å². The van der Waals surface area contributed by atoms with E-state index >= 15 is 0 Å². The second-order valence-corrected chi connectivity index (χ2v) is 6.84. The first kappa shape index (κ1) is 14.8. The summed E-state index contributed by atoms with van der Waals surface area (Å²) in [6.45, 7) is 7.79. The predicted octanol–water partition coefficient (Wildman–Crippen LogP) is 2.92. The summed E-state index contributed by atoms with van der Waals surface area (Å²) in [5.74, 6) is 0. The topological polar surface area (TPSA) is 39.1 Å². The molecule has 108 valence electrons. The van der Waals surface area contributed by atoms with E-state index in [2.05, 4.69) is 30.1 Å². The maximum atomic E-state index is 9.14. The number of hydrogen-bond acceptors (Lipinski definition) is 3. The minimum Gasteiger partial charge on any atom is -0.303 e. The van der Waals surface area contributed by atoms with E-state index in [1.54, 1.807) is 0 Å². The molecular formula is C16H29N3. The van der Waals surface area contributed by atoms with E-state index in [1.165, 1.54) is 51.6 Å². The van der Waals surface area contributed by atoms with Gasteiger partial charge in [0.25, 0.3) is 0 Å². The van der Waals surface area contributed by atoms with Gasteiger partial charge in [-0.2, -0.15) is 5.26 Å². The first-order valence-corrected chi connectivity index (χ1v) is 8.02. The van der Waals surface area contributed by atoms with Crippen molar-refractivity contribution in [2.75, 3.05) is 19.6 Å². The van der Waals surface area contributed by atoms with Crippen LogP contribution in [0.2, 0.25) is 0 Å². The van der Waals surface area contributed by atoms with Crippen LogP contribution >= 0.6 is 0 Å². The molecule has 0 aromatic rings. The van der Waals surface area contributed by atoms with Gasteiger partial charge in [0, 0.05) is 12.6 Å². The standard InChI is InChI=1S/C16H29N3/c1-14(2)18-15(13-17)5-10-19-11-8-16(9-12-19)6-3-4-7-16/h14-15,18H,3-12H2,1-2H3. The Labute approximate surface area is 118 Å². The van der Waals surface area contributed by atoms with Gasteiger partial charge in [0.15, 0.2) is 0 Å². The Morgan fingerprint density at radius 1 is 1.16 bits per heavy atom. The fourth-order valence-corrected chi connectivity index (χ4v) is 3.78. The third kappa shape index (κ3) is 4.19. The fraction of sp³-hybridized carbons (Fsp3) is 0.938. The van der Waals surface area contributed by atoms with Gasteiger partial charge >= 0.3 is 0 Å². The van der Waals surface area contributed by atoms with Gasteiger partial charge in [-0.1, -0.05) is 12.8 Å². The number of rotatable bonds is 5. The molecule has 0 aromatic heterocycles. The minimum atomic E-state index is 0.0161. The summed E-state index contributed by atoms with van der Waals surface area (Å²) in [6.07, 6.45) is 9.59. The Morgan fingerprint density at radius 3 is 2.32 bits per heavy atom. The van der Waals surface area contributed by atoms with Gasteiger partial charge in [0.2, 0.25) is 0 Å². The molecule has 1 aliphatic carbocycles. The van der Waals surface area contributed by atoms with Crippen molar-refractivity contribution in [3.63, 3.8) is 0 Å². The van der Waals surface area contributed by atoms with Gasteiger partial charge in [-0.3, -0.25) is 5.32 Å². The molecule has 1 heterocycles. The largest absolute Gasteiger partial charge is 0.303 e. The highest BCUT2D eigenvalue weighted by Crippen LogP contribution is 2.46. The lowest BCUT2D eigenvalue weighted by Gasteiger charge is -2.39. The molecule has 0 radical (unpaired) electrons. The lowest BCUT2D eigenvalue weighted by molar-refractivity contribution is 0.106. The van der Waals surface area contributed by atoms with Crippen molar-refractivity contribution in [1.82, 2.24) is 10.2 Å². The first-order valence-electron chi connectivity index (χ1n) is 8.02. The van der Waals surface area contributed by atoms with Crippen molar-refractivity contribution in [1.29, 1.82) is 5.26 Å². The molecule has 3 heteroatoms. The van der Waals surface area contributed by atoms with Crippen LogP contribution in [0, 0.1) is 16.7 Å². The molecule has 1 saturated carbocycles. The molecule has 1 spiro atoms. The van der Waals surface area contributed by atoms with Crippen LogP contribution in [0.3, 0.4) is 0 Å². The van der Waals surface area contributed by atoms with Crippen LogP contribution in [0.1, 0.15) is 58.8 Å². The zero-order valence-electron chi connectivity index (χ0n) is 12.6. The van der Waals surface area contributed by atoms with Crippen molar-refractivity contribution in [2.24, 2.45) is 5.41 Å². The highest BCUT2D eigenvalue weighted by Gasteiger charge is 2.36. The van der Waals surface area contributed by atoms with E-state index in [-0.39, 0.29) is 6.04 Å². The number of likely N-dealkylation sites (tertiary alicyclic amines) is 1. The predicted molar refractivity (Wildman–Crippen MR) is 78.9 cm³/mol. The summed E-state index contributed by atoms with van der Waals surface area (Å²) < 4.78 is 0. The van der Waals surface area contributed by atoms with E-state index in [4.69, 9.17) is 5.26 Å². The fourth-order valence-electron chi connectivity index (χ4n) is 3.78. The van der Waals surface area contributed by atoms with E-state index in [0.717, 1.165) is 13.0 Å². The summed E-state index contributed by atoms with van der Waals surface area (Å²) in [5, 5.41) is 12.5. The Balaban J connectivity index is 1.69. The Morgan fingerprint density at radius 2 is 1.79 bits per heavy atom. The summed E-state index contributed by atoms with van der Waals surface area (Å²) in [7, 11) is 0. The van der Waals surface area contributed by atoms with Gasteiger partial charge in [-0.25, -0.2) is 0 Å². The molecule has 2 fully saturated rings. The number of nitrogens with one attached hydrogen (secondary N) is 1. The molecule has 0 aromatic carbocycles. The Hall–Kier alpha value is -0.590. The first-order chi connectivity index (χ1) is 9.13. The van der Waals surface area contributed by atoms with Gasteiger partial charge in [0.1, 0.15) is 0 Å². The summed E-state index contributed by atoms with van der Waals surface area (Å²) in [4.78, 5) is 2.57. The summed E-state index contributed by atoms with van der Waals surface area (Å²) in [6, 6.07) is 2.80. The van der Waals surface area contributed by atoms with Crippen LogP contribution in [0.4, 0.5) is 0 Å². The van der Waals surface area contributed by atoms with E-state index < -0.39 is 0 Å². The van der Waals surface area contributed by atoms with Gasteiger partial charge in [0.05, 0.1) is 12.1 Å². The lowest BCUT2D eigenvalue weighted by Crippen LogP contribution is -2.42. The van der Waals surface area contributed by atoms with Crippen LogP contribution in [0.15, 0.2) is 0 Å². The normalized spacial score (nSPS) is 24.7. The van der Waals surface area contributed by atoms with Crippen LogP contribution in [-0.2, 0) is 0 Å². The van der Waals surface area contributed by atoms with Crippen LogP contribution in [0.25, 0.3) is 0 Å². The van der Waals surface area contributed by atoms with Crippen molar-refractivity contribution < 1.29 is 0 Å². The molecule has 1 saturated heterocycles. The molecule has 19 heavy (non-hydrogen) atoms. The second-order valence-electron chi connectivity index (χ2n) is 6.84. The van der Waals surface area contributed by atoms with Crippen LogP contribution < -0.4 is 5.32 Å². The van der Waals surface area contributed by atoms with Crippen molar-refractivity contribution in [3.05, 3.63) is 0 Å². The maximum absolute atomic E-state index is 9.14. The lowest BCUT2D eigenvalue weighted by atomic mass is 9.77. The summed E-state index contributed by atoms with van der Waals surface area (Å²) >= 11 is 0. The molecule has 1 aliphatic heterocycles. The molecule has 1 N–H and O–H groups in total. The monoisotopic (exact) mass is 263 g/mol. The van der Waals surface area contributed by atoms with Gasteiger partial charge < -0.3 is 4.90 Å². The zero-order chi connectivity index (χ0) is 13.7. The molecule has 2 aliphatic rings. The van der Waals surface area contributed by atoms with E-state index in [9.17, 15) is 0 Å². The molecule has 1 atom stereocenters. The molecule has 3 nitrogen and oxygen atoms in total. The molecule has 0 bridgehead atoms. The third-order valence-electron chi connectivity index (χ3n) is 5.01. The maximum Gasteiger partial charge on any atom is 0.0967 e. The van der Waals surface area contributed by atoms with Crippen LogP contribution in [-0.4, -0.2) is 36.6 Å². The Bertz CT molecular complexity index is 302. The van der Waals surface area contributed by atoms with Crippen molar-refractivity contribution in [3.8, 4) is 6.07 Å². The third-order valence-corrected chi connectivity index (χ3v) is 5.01. The average Bonchev–Trinajstić information content (AvgIpc) is 2.84. The summed E-state index contributed by atoms with van der Waals surface area (Å²) in [5.41, 5.74) is 0.710. The number of nitrogens with zero attached hydrogens (tertiary/aromatic N) is 2. The smallest absolute Gasteiger partial charge is 0.0967 e. The quantitative estimate of drug-likeness (QED) is 0.829. The van der Waals surface area contributed by atoms with Crippen molar-refractivity contribution in [2.45, 2.75) is 70.9 Å². The molecular weight excluding hydrogens is 234 g/mol. The molecule has 2 rings (SSSR count).